The lowest BCUT2D eigenvalue weighted by Crippen LogP contribution is -2.19. The van der Waals surface area contributed by atoms with Gasteiger partial charge in [-0.2, -0.15) is 0 Å². The van der Waals surface area contributed by atoms with Gasteiger partial charge < -0.3 is 0 Å². The molecular weight excluding hydrogens is 374 g/mol. The monoisotopic (exact) mass is 412 g/mol. The van der Waals surface area contributed by atoms with Crippen LogP contribution in [-0.2, 0) is 6.42 Å². The Balaban J connectivity index is 1.45. The second-order valence-electron chi connectivity index (χ2n) is 9.14. The molecule has 0 amide bonds. The molecule has 0 saturated heterocycles. The SMILES string of the molecule is CCCCCCCCCc1ccc(-c2ccc(C3CCC(C(F)F)CC3)cc2)cc1. The van der Waals surface area contributed by atoms with E-state index in [4.69, 9.17) is 0 Å². The highest BCUT2D eigenvalue weighted by Crippen LogP contribution is 2.38. The predicted octanol–water partition coefficient (Wildman–Crippen LogP) is 9.19. The minimum absolute atomic E-state index is 0.389. The first-order chi connectivity index (χ1) is 14.7. The van der Waals surface area contributed by atoms with Crippen molar-refractivity contribution in [2.24, 2.45) is 5.92 Å². The smallest absolute Gasteiger partial charge is 0.210 e. The highest BCUT2D eigenvalue weighted by Gasteiger charge is 2.27. The quantitative estimate of drug-likeness (QED) is 0.323. The fourth-order valence-corrected chi connectivity index (χ4v) is 4.80. The zero-order valence-corrected chi connectivity index (χ0v) is 18.6. The summed E-state index contributed by atoms with van der Waals surface area (Å²) in [5, 5.41) is 0. The molecule has 30 heavy (non-hydrogen) atoms. The number of halogens is 2. The van der Waals surface area contributed by atoms with Gasteiger partial charge in [0.1, 0.15) is 0 Å². The van der Waals surface area contributed by atoms with E-state index in [1.54, 1.807) is 0 Å². The van der Waals surface area contributed by atoms with Crippen molar-refractivity contribution in [2.75, 3.05) is 0 Å². The molecule has 0 radical (unpaired) electrons. The van der Waals surface area contributed by atoms with Crippen LogP contribution in [-0.4, -0.2) is 6.43 Å². The lowest BCUT2D eigenvalue weighted by molar-refractivity contribution is 0.0528. The second kappa shape index (κ2) is 12.2. The van der Waals surface area contributed by atoms with E-state index in [0.29, 0.717) is 18.8 Å². The third-order valence-corrected chi connectivity index (χ3v) is 6.87. The third-order valence-electron chi connectivity index (χ3n) is 6.87. The Morgan fingerprint density at radius 3 is 1.80 bits per heavy atom. The molecule has 164 valence electrons. The Morgan fingerprint density at radius 2 is 1.23 bits per heavy atom. The van der Waals surface area contributed by atoms with Crippen LogP contribution in [0.25, 0.3) is 11.1 Å². The van der Waals surface area contributed by atoms with Gasteiger partial charge in [0.05, 0.1) is 0 Å². The minimum Gasteiger partial charge on any atom is -0.210 e. The number of aryl methyl sites for hydroxylation is 1. The lowest BCUT2D eigenvalue weighted by atomic mass is 9.78. The van der Waals surface area contributed by atoms with Gasteiger partial charge in [0, 0.05) is 5.92 Å². The average molecular weight is 413 g/mol. The first-order valence-electron chi connectivity index (χ1n) is 12.1. The Labute approximate surface area is 182 Å². The number of alkyl halides is 2. The van der Waals surface area contributed by atoms with Crippen molar-refractivity contribution < 1.29 is 8.78 Å². The van der Waals surface area contributed by atoms with Crippen LogP contribution in [0.15, 0.2) is 48.5 Å². The van der Waals surface area contributed by atoms with Crippen LogP contribution in [0, 0.1) is 5.92 Å². The molecule has 3 rings (SSSR count). The standard InChI is InChI=1S/C28H38F2/c1-2-3-4-5-6-7-8-9-22-10-12-23(13-11-22)24-14-16-25(17-15-24)26-18-20-27(21-19-26)28(29)30/h10-17,26-28H,2-9,18-21H2,1H3. The predicted molar refractivity (Wildman–Crippen MR) is 124 cm³/mol. The lowest BCUT2D eigenvalue weighted by Gasteiger charge is -2.28. The van der Waals surface area contributed by atoms with Gasteiger partial charge in [-0.15, -0.1) is 0 Å². The normalized spacial score (nSPS) is 19.3. The first kappa shape index (κ1) is 23.0. The van der Waals surface area contributed by atoms with E-state index >= 15 is 0 Å². The van der Waals surface area contributed by atoms with Gasteiger partial charge >= 0.3 is 0 Å². The zero-order chi connectivity index (χ0) is 21.2. The van der Waals surface area contributed by atoms with E-state index < -0.39 is 6.43 Å². The highest BCUT2D eigenvalue weighted by molar-refractivity contribution is 5.64. The molecule has 2 heteroatoms. The average Bonchev–Trinajstić information content (AvgIpc) is 2.79. The topological polar surface area (TPSA) is 0 Å². The van der Waals surface area contributed by atoms with Crippen LogP contribution in [0.2, 0.25) is 0 Å². The van der Waals surface area contributed by atoms with Crippen molar-refractivity contribution in [3.05, 3.63) is 59.7 Å². The van der Waals surface area contributed by atoms with Gasteiger partial charge in [-0.3, -0.25) is 0 Å². The van der Waals surface area contributed by atoms with E-state index in [0.717, 1.165) is 12.8 Å². The largest absolute Gasteiger partial charge is 0.241 e. The summed E-state index contributed by atoms with van der Waals surface area (Å²) in [5.41, 5.74) is 5.23. The zero-order valence-electron chi connectivity index (χ0n) is 18.6. The Bertz CT molecular complexity index is 709. The van der Waals surface area contributed by atoms with Crippen LogP contribution in [0.3, 0.4) is 0 Å². The van der Waals surface area contributed by atoms with Crippen LogP contribution in [0.1, 0.15) is 94.6 Å². The van der Waals surface area contributed by atoms with Gasteiger partial charge in [0.2, 0.25) is 6.43 Å². The maximum absolute atomic E-state index is 12.9. The van der Waals surface area contributed by atoms with Crippen molar-refractivity contribution in [1.82, 2.24) is 0 Å². The van der Waals surface area contributed by atoms with Crippen molar-refractivity contribution in [3.63, 3.8) is 0 Å². The molecule has 0 aromatic heterocycles. The first-order valence-corrected chi connectivity index (χ1v) is 12.1. The van der Waals surface area contributed by atoms with Gasteiger partial charge in [-0.1, -0.05) is 94.0 Å². The summed E-state index contributed by atoms with van der Waals surface area (Å²) in [7, 11) is 0. The van der Waals surface area contributed by atoms with Crippen molar-refractivity contribution >= 4 is 0 Å². The van der Waals surface area contributed by atoms with E-state index in [-0.39, 0.29) is 5.92 Å². The Morgan fingerprint density at radius 1 is 0.700 bits per heavy atom. The van der Waals surface area contributed by atoms with E-state index in [1.807, 2.05) is 0 Å². The summed E-state index contributed by atoms with van der Waals surface area (Å²) in [6.07, 6.45) is 11.6. The number of unbranched alkanes of at least 4 members (excludes halogenated alkanes) is 6. The summed E-state index contributed by atoms with van der Waals surface area (Å²) in [4.78, 5) is 0. The summed E-state index contributed by atoms with van der Waals surface area (Å²) >= 11 is 0. The van der Waals surface area contributed by atoms with E-state index in [9.17, 15) is 8.78 Å². The summed E-state index contributed by atoms with van der Waals surface area (Å²) in [5.74, 6) is 0.0542. The fourth-order valence-electron chi connectivity index (χ4n) is 4.80. The van der Waals surface area contributed by atoms with Crippen LogP contribution >= 0.6 is 0 Å². The van der Waals surface area contributed by atoms with E-state index in [1.165, 1.54) is 73.6 Å². The minimum atomic E-state index is -2.15. The Kier molecular flexibility index (Phi) is 9.36. The molecule has 1 fully saturated rings. The molecule has 1 saturated carbocycles. The van der Waals surface area contributed by atoms with Crippen molar-refractivity contribution in [2.45, 2.75) is 96.3 Å². The molecule has 0 bridgehead atoms. The van der Waals surface area contributed by atoms with Gasteiger partial charge in [0.25, 0.3) is 0 Å². The molecule has 0 atom stereocenters. The number of hydrogen-bond donors (Lipinski definition) is 0. The van der Waals surface area contributed by atoms with Crippen LogP contribution in [0.4, 0.5) is 8.78 Å². The molecule has 0 heterocycles. The van der Waals surface area contributed by atoms with Crippen molar-refractivity contribution in [3.8, 4) is 11.1 Å². The van der Waals surface area contributed by atoms with Gasteiger partial charge in [-0.25, -0.2) is 8.78 Å². The van der Waals surface area contributed by atoms with E-state index in [2.05, 4.69) is 55.5 Å². The second-order valence-corrected chi connectivity index (χ2v) is 9.14. The molecule has 0 N–H and O–H groups in total. The maximum Gasteiger partial charge on any atom is 0.241 e. The molecule has 1 aliphatic carbocycles. The number of hydrogen-bond acceptors (Lipinski definition) is 0. The van der Waals surface area contributed by atoms with Crippen molar-refractivity contribution in [1.29, 1.82) is 0 Å². The van der Waals surface area contributed by atoms with Crippen LogP contribution in [0.5, 0.6) is 0 Å². The molecule has 0 spiro atoms. The van der Waals surface area contributed by atoms with Gasteiger partial charge in [-0.05, 0) is 66.7 Å². The fraction of sp³-hybridized carbons (Fsp3) is 0.571. The highest BCUT2D eigenvalue weighted by atomic mass is 19.3. The molecule has 0 nitrogen and oxygen atoms in total. The summed E-state index contributed by atoms with van der Waals surface area (Å²) in [6.45, 7) is 2.27. The van der Waals surface area contributed by atoms with Crippen LogP contribution < -0.4 is 0 Å². The molecule has 0 unspecified atom stereocenters. The third kappa shape index (κ3) is 6.93. The maximum atomic E-state index is 12.9. The number of benzene rings is 2. The molecule has 0 aliphatic heterocycles. The Hall–Kier alpha value is -1.70. The summed E-state index contributed by atoms with van der Waals surface area (Å²) in [6, 6.07) is 17.8. The molecular formula is C28H38F2. The summed E-state index contributed by atoms with van der Waals surface area (Å²) < 4.78 is 25.7. The number of rotatable bonds is 11. The molecule has 1 aliphatic rings. The van der Waals surface area contributed by atoms with Gasteiger partial charge in [0.15, 0.2) is 0 Å². The molecule has 2 aromatic rings. The molecule has 2 aromatic carbocycles.